The van der Waals surface area contributed by atoms with Crippen molar-refractivity contribution in [2.45, 2.75) is 59.2 Å². The second-order valence-corrected chi connectivity index (χ2v) is 7.09. The molecule has 0 saturated carbocycles. The number of esters is 1. The molecule has 7 nitrogen and oxygen atoms in total. The maximum absolute atomic E-state index is 13.0. The van der Waals surface area contributed by atoms with Crippen molar-refractivity contribution in [3.8, 4) is 0 Å². The molecule has 2 amide bonds. The quantitative estimate of drug-likeness (QED) is 0.703. The molecule has 1 aromatic carbocycles. The lowest BCUT2D eigenvalue weighted by atomic mass is 10.1. The first-order valence-electron chi connectivity index (χ1n) is 9.14. The number of nitrogens with zero attached hydrogens (tertiary/aromatic N) is 1. The van der Waals surface area contributed by atoms with Crippen LogP contribution in [0.15, 0.2) is 30.3 Å². The van der Waals surface area contributed by atoms with Crippen LogP contribution in [0.2, 0.25) is 0 Å². The van der Waals surface area contributed by atoms with Gasteiger partial charge in [0.1, 0.15) is 18.2 Å². The molecule has 0 spiro atoms. The van der Waals surface area contributed by atoms with Crippen molar-refractivity contribution in [3.05, 3.63) is 35.9 Å². The summed E-state index contributed by atoms with van der Waals surface area (Å²) >= 11 is 0. The lowest BCUT2D eigenvalue weighted by Gasteiger charge is -2.28. The molecule has 7 heteroatoms. The minimum atomic E-state index is -0.794. The molecule has 1 N–H and O–H groups in total. The van der Waals surface area contributed by atoms with Crippen molar-refractivity contribution in [3.63, 3.8) is 0 Å². The van der Waals surface area contributed by atoms with E-state index in [1.54, 1.807) is 34.6 Å². The standard InChI is InChI=1S/C20H30N2O5/c1-6-16(21-19(25)27-20(3,4)5)18(24)22(14-17(23)26-7-2)13-15-11-9-8-10-12-15/h8-12,16H,6-7,13-14H2,1-5H3,(H,21,25). The molecule has 1 unspecified atom stereocenters. The van der Waals surface area contributed by atoms with Crippen molar-refractivity contribution in [2.75, 3.05) is 13.2 Å². The first-order valence-corrected chi connectivity index (χ1v) is 9.14. The summed E-state index contributed by atoms with van der Waals surface area (Å²) in [7, 11) is 0. The molecule has 0 fully saturated rings. The number of hydrogen-bond donors (Lipinski definition) is 1. The summed E-state index contributed by atoms with van der Waals surface area (Å²) in [4.78, 5) is 38.3. The second kappa shape index (κ2) is 10.5. The van der Waals surface area contributed by atoms with Crippen LogP contribution in [-0.4, -0.2) is 47.7 Å². The molecule has 0 bridgehead atoms. The molecule has 1 atom stereocenters. The van der Waals surface area contributed by atoms with Crippen LogP contribution >= 0.6 is 0 Å². The van der Waals surface area contributed by atoms with Crippen LogP contribution in [0.4, 0.5) is 4.79 Å². The number of amides is 2. The highest BCUT2D eigenvalue weighted by Gasteiger charge is 2.28. The molecule has 0 aliphatic rings. The largest absolute Gasteiger partial charge is 0.465 e. The van der Waals surface area contributed by atoms with Crippen molar-refractivity contribution < 1.29 is 23.9 Å². The Morgan fingerprint density at radius 1 is 1.11 bits per heavy atom. The van der Waals surface area contributed by atoms with E-state index in [1.807, 2.05) is 30.3 Å². The number of carbonyl (C=O) groups excluding carboxylic acids is 3. The summed E-state index contributed by atoms with van der Waals surface area (Å²) in [6.07, 6.45) is -0.301. The Kier molecular flexibility index (Phi) is 8.78. The van der Waals surface area contributed by atoms with Crippen molar-refractivity contribution in [2.24, 2.45) is 0 Å². The minimum Gasteiger partial charge on any atom is -0.465 e. The smallest absolute Gasteiger partial charge is 0.408 e. The SMILES string of the molecule is CCOC(=O)CN(Cc1ccccc1)C(=O)C(CC)NC(=O)OC(C)(C)C. The van der Waals surface area contributed by atoms with Gasteiger partial charge in [0.25, 0.3) is 0 Å². The molecule has 0 aromatic heterocycles. The van der Waals surface area contributed by atoms with Gasteiger partial charge in [0.2, 0.25) is 5.91 Å². The van der Waals surface area contributed by atoms with E-state index < -0.39 is 23.7 Å². The zero-order valence-corrected chi connectivity index (χ0v) is 16.8. The number of ether oxygens (including phenoxy) is 2. The lowest BCUT2D eigenvalue weighted by Crippen LogP contribution is -2.50. The number of benzene rings is 1. The van der Waals surface area contributed by atoms with E-state index in [-0.39, 0.29) is 25.6 Å². The normalized spacial score (nSPS) is 12.0. The zero-order valence-electron chi connectivity index (χ0n) is 16.8. The highest BCUT2D eigenvalue weighted by Crippen LogP contribution is 2.10. The van der Waals surface area contributed by atoms with E-state index in [0.29, 0.717) is 6.42 Å². The van der Waals surface area contributed by atoms with Gasteiger partial charge in [0.05, 0.1) is 6.61 Å². The van der Waals surface area contributed by atoms with Gasteiger partial charge in [-0.1, -0.05) is 37.3 Å². The number of carbonyl (C=O) groups is 3. The van der Waals surface area contributed by atoms with Crippen LogP contribution in [0.1, 0.15) is 46.6 Å². The average Bonchev–Trinajstić information content (AvgIpc) is 2.58. The van der Waals surface area contributed by atoms with E-state index in [0.717, 1.165) is 5.56 Å². The molecule has 27 heavy (non-hydrogen) atoms. The van der Waals surface area contributed by atoms with Gasteiger partial charge in [-0.3, -0.25) is 9.59 Å². The van der Waals surface area contributed by atoms with Crippen LogP contribution in [0.5, 0.6) is 0 Å². The van der Waals surface area contributed by atoms with Crippen LogP contribution in [0.25, 0.3) is 0 Å². The Labute approximate surface area is 161 Å². The molecule has 0 saturated heterocycles. The summed E-state index contributed by atoms with van der Waals surface area (Å²) in [5.41, 5.74) is 0.211. The van der Waals surface area contributed by atoms with Crippen LogP contribution in [-0.2, 0) is 25.6 Å². The fourth-order valence-corrected chi connectivity index (χ4v) is 2.39. The summed E-state index contributed by atoms with van der Waals surface area (Å²) in [6, 6.07) is 8.54. The van der Waals surface area contributed by atoms with E-state index in [9.17, 15) is 14.4 Å². The number of hydrogen-bond acceptors (Lipinski definition) is 5. The predicted octanol–water partition coefficient (Wildman–Crippen LogP) is 2.88. The third kappa shape index (κ3) is 8.57. The Morgan fingerprint density at radius 3 is 2.26 bits per heavy atom. The molecule has 1 rings (SSSR count). The number of rotatable bonds is 8. The van der Waals surface area contributed by atoms with Gasteiger partial charge in [0.15, 0.2) is 0 Å². The van der Waals surface area contributed by atoms with Gasteiger partial charge >= 0.3 is 12.1 Å². The zero-order chi connectivity index (χ0) is 20.4. The monoisotopic (exact) mass is 378 g/mol. The topological polar surface area (TPSA) is 84.9 Å². The first-order chi connectivity index (χ1) is 12.7. The fraction of sp³-hybridized carbons (Fsp3) is 0.550. The highest BCUT2D eigenvalue weighted by molar-refractivity contribution is 5.88. The van der Waals surface area contributed by atoms with Crippen LogP contribution in [0, 0.1) is 0 Å². The minimum absolute atomic E-state index is 0.186. The van der Waals surface area contributed by atoms with Crippen LogP contribution in [0.3, 0.4) is 0 Å². The molecule has 0 radical (unpaired) electrons. The van der Waals surface area contributed by atoms with E-state index >= 15 is 0 Å². The maximum Gasteiger partial charge on any atom is 0.408 e. The van der Waals surface area contributed by atoms with Gasteiger partial charge in [-0.25, -0.2) is 4.79 Å². The van der Waals surface area contributed by atoms with Gasteiger partial charge in [0, 0.05) is 6.54 Å². The molecule has 150 valence electrons. The number of alkyl carbamates (subject to hydrolysis) is 1. The van der Waals surface area contributed by atoms with Gasteiger partial charge in [-0.2, -0.15) is 0 Å². The third-order valence-corrected chi connectivity index (χ3v) is 3.55. The molecule has 0 aliphatic heterocycles. The molecule has 0 aliphatic carbocycles. The molecule has 0 heterocycles. The van der Waals surface area contributed by atoms with Gasteiger partial charge in [-0.05, 0) is 39.7 Å². The molecular weight excluding hydrogens is 348 g/mol. The number of nitrogens with one attached hydrogen (secondary N) is 1. The predicted molar refractivity (Wildman–Crippen MR) is 102 cm³/mol. The maximum atomic E-state index is 13.0. The van der Waals surface area contributed by atoms with E-state index in [1.165, 1.54) is 4.90 Å². The Morgan fingerprint density at radius 2 is 1.74 bits per heavy atom. The Balaban J connectivity index is 2.90. The summed E-state index contributed by atoms with van der Waals surface area (Å²) in [6.45, 7) is 9.03. The third-order valence-electron chi connectivity index (χ3n) is 3.55. The second-order valence-electron chi connectivity index (χ2n) is 7.09. The average molecular weight is 378 g/mol. The fourth-order valence-electron chi connectivity index (χ4n) is 2.39. The van der Waals surface area contributed by atoms with E-state index in [2.05, 4.69) is 5.32 Å². The summed E-state index contributed by atoms with van der Waals surface area (Å²) in [5, 5.41) is 2.59. The lowest BCUT2D eigenvalue weighted by molar-refractivity contribution is -0.150. The summed E-state index contributed by atoms with van der Waals surface area (Å²) in [5.74, 6) is -0.853. The Hall–Kier alpha value is -2.57. The van der Waals surface area contributed by atoms with Crippen molar-refractivity contribution >= 4 is 18.0 Å². The van der Waals surface area contributed by atoms with Crippen molar-refractivity contribution in [1.82, 2.24) is 10.2 Å². The summed E-state index contributed by atoms with van der Waals surface area (Å²) < 4.78 is 10.2. The molecular formula is C20H30N2O5. The first kappa shape index (κ1) is 22.5. The van der Waals surface area contributed by atoms with E-state index in [4.69, 9.17) is 9.47 Å². The van der Waals surface area contributed by atoms with Gasteiger partial charge < -0.3 is 19.7 Å². The molecule has 1 aromatic rings. The highest BCUT2D eigenvalue weighted by atomic mass is 16.6. The Bertz CT molecular complexity index is 625. The van der Waals surface area contributed by atoms with Gasteiger partial charge in [-0.15, -0.1) is 0 Å². The van der Waals surface area contributed by atoms with Crippen LogP contribution < -0.4 is 5.32 Å². The van der Waals surface area contributed by atoms with Crippen molar-refractivity contribution in [1.29, 1.82) is 0 Å².